The third kappa shape index (κ3) is 5.29. The van der Waals surface area contributed by atoms with Crippen LogP contribution in [0, 0.1) is 11.8 Å². The summed E-state index contributed by atoms with van der Waals surface area (Å²) < 4.78 is 17.4. The van der Waals surface area contributed by atoms with Crippen molar-refractivity contribution in [2.75, 3.05) is 58.3 Å². The molecule has 3 N–H and O–H groups in total. The van der Waals surface area contributed by atoms with Crippen LogP contribution in [0.15, 0.2) is 10.5 Å². The standard InChI is InChI=1S/C20H28BrN3O4.ClH/c21-16-9-15(18-19(17(16)22)28-8-7-27-18)20(25)23-10-13-1-4-24(5-2-13)11-14-3-6-26-12-14;/h9,13-14H,1-8,10-12,22H2,(H,23,25);1H. The van der Waals surface area contributed by atoms with E-state index in [1.807, 2.05) is 0 Å². The van der Waals surface area contributed by atoms with Crippen LogP contribution in [0.5, 0.6) is 11.5 Å². The number of halogens is 2. The van der Waals surface area contributed by atoms with Crippen LogP contribution in [-0.4, -0.2) is 63.4 Å². The molecule has 1 amide bonds. The molecule has 1 aromatic rings. The van der Waals surface area contributed by atoms with Crippen molar-refractivity contribution in [3.63, 3.8) is 0 Å². The third-order valence-corrected chi connectivity index (χ3v) is 6.50. The second-order valence-electron chi connectivity index (χ2n) is 7.86. The molecule has 2 saturated heterocycles. The van der Waals surface area contributed by atoms with Crippen LogP contribution >= 0.6 is 28.3 Å². The minimum Gasteiger partial charge on any atom is -0.485 e. The molecule has 3 aliphatic heterocycles. The number of hydrogen-bond acceptors (Lipinski definition) is 6. The number of nitrogens with zero attached hydrogens (tertiary/aromatic N) is 1. The van der Waals surface area contributed by atoms with Crippen LogP contribution in [0.1, 0.15) is 29.6 Å². The van der Waals surface area contributed by atoms with Crippen molar-refractivity contribution in [1.82, 2.24) is 10.2 Å². The van der Waals surface area contributed by atoms with E-state index in [4.69, 9.17) is 19.9 Å². The number of nitrogens with one attached hydrogen (secondary N) is 1. The van der Waals surface area contributed by atoms with Gasteiger partial charge in [0.05, 0.1) is 17.9 Å². The zero-order valence-electron chi connectivity index (χ0n) is 16.5. The monoisotopic (exact) mass is 489 g/mol. The molecule has 9 heteroatoms. The highest BCUT2D eigenvalue weighted by atomic mass is 79.9. The van der Waals surface area contributed by atoms with E-state index in [-0.39, 0.29) is 18.3 Å². The van der Waals surface area contributed by atoms with Crippen molar-refractivity contribution in [2.45, 2.75) is 19.3 Å². The van der Waals surface area contributed by atoms with E-state index in [1.54, 1.807) is 6.07 Å². The molecule has 1 unspecified atom stereocenters. The van der Waals surface area contributed by atoms with Gasteiger partial charge >= 0.3 is 0 Å². The smallest absolute Gasteiger partial charge is 0.255 e. The number of benzene rings is 1. The van der Waals surface area contributed by atoms with Crippen molar-refractivity contribution in [1.29, 1.82) is 0 Å². The second kappa shape index (κ2) is 10.2. The molecule has 0 saturated carbocycles. The normalized spacial score (nSPS) is 22.2. The number of nitrogens with two attached hydrogens (primary N) is 1. The van der Waals surface area contributed by atoms with Gasteiger partial charge in [-0.25, -0.2) is 0 Å². The number of rotatable bonds is 5. The molecule has 162 valence electrons. The molecule has 2 fully saturated rings. The first-order chi connectivity index (χ1) is 13.6. The van der Waals surface area contributed by atoms with Crippen molar-refractivity contribution < 1.29 is 19.0 Å². The second-order valence-corrected chi connectivity index (χ2v) is 8.71. The number of nitrogen functional groups attached to an aromatic ring is 1. The minimum absolute atomic E-state index is 0. The predicted molar refractivity (Wildman–Crippen MR) is 117 cm³/mol. The number of fused-ring (bicyclic) bond motifs is 1. The molecule has 0 bridgehead atoms. The number of hydrogen-bond donors (Lipinski definition) is 2. The van der Waals surface area contributed by atoms with Crippen LogP contribution in [0.2, 0.25) is 0 Å². The molecule has 0 aliphatic carbocycles. The molecule has 1 atom stereocenters. The van der Waals surface area contributed by atoms with Crippen molar-refractivity contribution in [3.8, 4) is 11.5 Å². The fourth-order valence-electron chi connectivity index (χ4n) is 4.16. The quantitative estimate of drug-likeness (QED) is 0.617. The summed E-state index contributed by atoms with van der Waals surface area (Å²) in [6.07, 6.45) is 3.40. The maximum Gasteiger partial charge on any atom is 0.255 e. The predicted octanol–water partition coefficient (Wildman–Crippen LogP) is 2.70. The summed E-state index contributed by atoms with van der Waals surface area (Å²) in [5.74, 6) is 1.94. The molecule has 0 radical (unpaired) electrons. The van der Waals surface area contributed by atoms with E-state index in [9.17, 15) is 4.79 Å². The maximum atomic E-state index is 12.8. The van der Waals surface area contributed by atoms with Gasteiger partial charge in [0.1, 0.15) is 13.2 Å². The van der Waals surface area contributed by atoms with Crippen molar-refractivity contribution >= 4 is 39.9 Å². The van der Waals surface area contributed by atoms with E-state index >= 15 is 0 Å². The lowest BCUT2D eigenvalue weighted by Gasteiger charge is -2.33. The first-order valence-electron chi connectivity index (χ1n) is 10.1. The highest BCUT2D eigenvalue weighted by Gasteiger charge is 2.27. The summed E-state index contributed by atoms with van der Waals surface area (Å²) >= 11 is 3.41. The molecule has 0 spiro atoms. The largest absolute Gasteiger partial charge is 0.485 e. The number of piperidine rings is 1. The summed E-state index contributed by atoms with van der Waals surface area (Å²) in [5.41, 5.74) is 6.97. The highest BCUT2D eigenvalue weighted by molar-refractivity contribution is 9.10. The molecule has 7 nitrogen and oxygen atoms in total. The summed E-state index contributed by atoms with van der Waals surface area (Å²) in [6, 6.07) is 1.71. The minimum atomic E-state index is -0.145. The lowest BCUT2D eigenvalue weighted by molar-refractivity contribution is 0.0921. The van der Waals surface area contributed by atoms with E-state index in [2.05, 4.69) is 26.1 Å². The molecular formula is C20H29BrClN3O4. The summed E-state index contributed by atoms with van der Waals surface area (Å²) in [6.45, 7) is 6.67. The first kappa shape index (κ1) is 22.5. The Kier molecular flexibility index (Phi) is 7.90. The van der Waals surface area contributed by atoms with Gasteiger partial charge in [0.2, 0.25) is 0 Å². The zero-order chi connectivity index (χ0) is 19.5. The van der Waals surface area contributed by atoms with Gasteiger partial charge in [-0.2, -0.15) is 0 Å². The molecule has 3 aliphatic rings. The lowest BCUT2D eigenvalue weighted by Crippen LogP contribution is -2.40. The molecular weight excluding hydrogens is 462 g/mol. The van der Waals surface area contributed by atoms with Crippen LogP contribution < -0.4 is 20.5 Å². The van der Waals surface area contributed by atoms with Gasteiger partial charge in [-0.3, -0.25) is 4.79 Å². The van der Waals surface area contributed by atoms with Crippen LogP contribution in [0.3, 0.4) is 0 Å². The number of likely N-dealkylation sites (tertiary alicyclic amines) is 1. The highest BCUT2D eigenvalue weighted by Crippen LogP contribution is 2.43. The maximum absolute atomic E-state index is 12.8. The molecule has 0 aromatic heterocycles. The van der Waals surface area contributed by atoms with Gasteiger partial charge in [-0.1, -0.05) is 0 Å². The summed E-state index contributed by atoms with van der Waals surface area (Å²) in [5, 5.41) is 3.08. The van der Waals surface area contributed by atoms with Crippen LogP contribution in [0.25, 0.3) is 0 Å². The Morgan fingerprint density at radius 2 is 1.86 bits per heavy atom. The van der Waals surface area contributed by atoms with Crippen molar-refractivity contribution in [2.24, 2.45) is 11.8 Å². The SMILES string of the molecule is Cl.Nc1c(Br)cc(C(=O)NCC2CCN(CC3CCOC3)CC2)c2c1OCCO2. The Bertz CT molecular complexity index is 722. The van der Waals surface area contributed by atoms with Gasteiger partial charge in [0.15, 0.2) is 11.5 Å². The summed E-state index contributed by atoms with van der Waals surface area (Å²) in [4.78, 5) is 15.3. The van der Waals surface area contributed by atoms with Gasteiger partial charge < -0.3 is 30.2 Å². The van der Waals surface area contributed by atoms with Crippen LogP contribution in [-0.2, 0) is 4.74 Å². The average Bonchev–Trinajstić information content (AvgIpc) is 3.23. The lowest BCUT2D eigenvalue weighted by atomic mass is 9.95. The Morgan fingerprint density at radius 1 is 1.14 bits per heavy atom. The zero-order valence-corrected chi connectivity index (χ0v) is 18.9. The molecule has 1 aromatic carbocycles. The third-order valence-electron chi connectivity index (χ3n) is 5.84. The van der Waals surface area contributed by atoms with Gasteiger partial charge in [-0.05, 0) is 66.2 Å². The van der Waals surface area contributed by atoms with Gasteiger partial charge in [0.25, 0.3) is 5.91 Å². The van der Waals surface area contributed by atoms with Gasteiger partial charge in [0, 0.05) is 24.2 Å². The number of ether oxygens (including phenoxy) is 3. The Morgan fingerprint density at radius 3 is 2.55 bits per heavy atom. The number of carbonyl (C=O) groups excluding carboxylic acids is 1. The fraction of sp³-hybridized carbons (Fsp3) is 0.650. The average molecular weight is 491 g/mol. The van der Waals surface area contributed by atoms with E-state index < -0.39 is 0 Å². The number of anilines is 1. The number of amides is 1. The summed E-state index contributed by atoms with van der Waals surface area (Å²) in [7, 11) is 0. The molecule has 29 heavy (non-hydrogen) atoms. The van der Waals surface area contributed by atoms with E-state index in [0.717, 1.165) is 45.7 Å². The Hall–Kier alpha value is -1.22. The van der Waals surface area contributed by atoms with Crippen molar-refractivity contribution in [3.05, 3.63) is 16.1 Å². The molecule has 4 rings (SSSR count). The number of carbonyl (C=O) groups is 1. The molecule has 3 heterocycles. The first-order valence-corrected chi connectivity index (χ1v) is 10.9. The topological polar surface area (TPSA) is 86.1 Å². The Labute approximate surface area is 186 Å². The fourth-order valence-corrected chi connectivity index (χ4v) is 4.57. The van der Waals surface area contributed by atoms with Gasteiger partial charge in [-0.15, -0.1) is 12.4 Å². The van der Waals surface area contributed by atoms with Crippen LogP contribution in [0.4, 0.5) is 5.69 Å². The Balaban J connectivity index is 0.00000240. The van der Waals surface area contributed by atoms with E-state index in [1.165, 1.54) is 6.42 Å². The van der Waals surface area contributed by atoms with E-state index in [0.29, 0.717) is 58.8 Å².